The van der Waals surface area contributed by atoms with Crippen molar-refractivity contribution in [2.75, 3.05) is 20.3 Å². The van der Waals surface area contributed by atoms with E-state index in [1.54, 1.807) is 7.11 Å². The molecule has 0 N–H and O–H groups in total. The van der Waals surface area contributed by atoms with Crippen LogP contribution in [-0.4, -0.2) is 26.4 Å². The summed E-state index contributed by atoms with van der Waals surface area (Å²) in [5.74, 6) is 0. The Morgan fingerprint density at radius 2 is 2.06 bits per heavy atom. The van der Waals surface area contributed by atoms with E-state index < -0.39 is 0 Å². The van der Waals surface area contributed by atoms with Crippen LogP contribution in [0, 0.1) is 5.41 Å². The van der Waals surface area contributed by atoms with Gasteiger partial charge in [-0.2, -0.15) is 0 Å². The van der Waals surface area contributed by atoms with Crippen LogP contribution in [0.25, 0.3) is 0 Å². The van der Waals surface area contributed by atoms with Gasteiger partial charge in [0.15, 0.2) is 0 Å². The topological polar surface area (TPSA) is 18.5 Å². The van der Waals surface area contributed by atoms with Gasteiger partial charge in [0.2, 0.25) is 0 Å². The van der Waals surface area contributed by atoms with Crippen molar-refractivity contribution < 1.29 is 9.47 Å². The minimum atomic E-state index is 0.394. The molecule has 0 aromatic heterocycles. The molecule has 0 radical (unpaired) electrons. The van der Waals surface area contributed by atoms with E-state index in [2.05, 4.69) is 12.2 Å². The maximum Gasteiger partial charge on any atom is 0.0668 e. The van der Waals surface area contributed by atoms with Gasteiger partial charge < -0.3 is 9.47 Å². The highest BCUT2D eigenvalue weighted by atomic mass is 16.5. The first kappa shape index (κ1) is 12.1. The van der Waals surface area contributed by atoms with Crippen molar-refractivity contribution in [3.63, 3.8) is 0 Å². The number of ether oxygens (including phenoxy) is 2. The van der Waals surface area contributed by atoms with Crippen molar-refractivity contribution in [3.8, 4) is 0 Å². The molecular formula is C14H24O2. The van der Waals surface area contributed by atoms with Crippen LogP contribution in [0.1, 0.15) is 44.9 Å². The predicted octanol–water partition coefficient (Wildman–Crippen LogP) is 3.32. The van der Waals surface area contributed by atoms with Gasteiger partial charge in [-0.15, -0.1) is 0 Å². The molecule has 2 nitrogen and oxygen atoms in total. The zero-order valence-corrected chi connectivity index (χ0v) is 10.4. The summed E-state index contributed by atoms with van der Waals surface area (Å²) < 4.78 is 11.1. The second kappa shape index (κ2) is 5.83. The molecule has 0 aliphatic heterocycles. The van der Waals surface area contributed by atoms with Gasteiger partial charge >= 0.3 is 0 Å². The van der Waals surface area contributed by atoms with Crippen molar-refractivity contribution in [3.05, 3.63) is 12.2 Å². The standard InChI is InChI=1S/C14H24O2/c1-15-11-6-12-16-13-7-2-3-8-14(13)9-4-5-10-14/h3,8,13H,2,4-7,9-12H2,1H3. The summed E-state index contributed by atoms with van der Waals surface area (Å²) in [5.41, 5.74) is 0.394. The SMILES string of the molecule is COCCCOC1CCC=CC12CCCC2. The monoisotopic (exact) mass is 224 g/mol. The number of hydrogen-bond donors (Lipinski definition) is 0. The van der Waals surface area contributed by atoms with Crippen LogP contribution in [-0.2, 0) is 9.47 Å². The molecule has 0 aromatic carbocycles. The molecular weight excluding hydrogens is 200 g/mol. The Labute approximate surface area is 99.0 Å². The molecule has 2 aliphatic rings. The van der Waals surface area contributed by atoms with Crippen LogP contribution < -0.4 is 0 Å². The summed E-state index contributed by atoms with van der Waals surface area (Å²) in [6.07, 6.45) is 14.1. The minimum Gasteiger partial charge on any atom is -0.385 e. The Kier molecular flexibility index (Phi) is 4.42. The highest BCUT2D eigenvalue weighted by Gasteiger charge is 2.40. The van der Waals surface area contributed by atoms with E-state index in [1.807, 2.05) is 0 Å². The first-order valence-electron chi connectivity index (χ1n) is 6.66. The first-order chi connectivity index (χ1) is 7.87. The van der Waals surface area contributed by atoms with E-state index >= 15 is 0 Å². The lowest BCUT2D eigenvalue weighted by atomic mass is 9.75. The maximum absolute atomic E-state index is 6.09. The molecule has 1 atom stereocenters. The molecule has 1 spiro atoms. The summed E-state index contributed by atoms with van der Waals surface area (Å²) in [6, 6.07) is 0. The van der Waals surface area contributed by atoms with E-state index in [4.69, 9.17) is 9.47 Å². The van der Waals surface area contributed by atoms with Crippen LogP contribution in [0.3, 0.4) is 0 Å². The van der Waals surface area contributed by atoms with Crippen molar-refractivity contribution in [1.82, 2.24) is 0 Å². The fourth-order valence-corrected chi connectivity index (χ4v) is 3.16. The molecule has 0 bridgehead atoms. The van der Waals surface area contributed by atoms with Crippen LogP contribution in [0.2, 0.25) is 0 Å². The molecule has 2 rings (SSSR count). The van der Waals surface area contributed by atoms with Crippen LogP contribution >= 0.6 is 0 Å². The smallest absolute Gasteiger partial charge is 0.0668 e. The molecule has 1 fully saturated rings. The average Bonchev–Trinajstić information content (AvgIpc) is 2.76. The van der Waals surface area contributed by atoms with Crippen molar-refractivity contribution in [1.29, 1.82) is 0 Å². The third-order valence-electron chi connectivity index (χ3n) is 4.03. The zero-order chi connectivity index (χ0) is 11.3. The molecule has 0 saturated heterocycles. The van der Waals surface area contributed by atoms with Gasteiger partial charge in [0.25, 0.3) is 0 Å². The molecule has 1 unspecified atom stereocenters. The third kappa shape index (κ3) is 2.67. The van der Waals surface area contributed by atoms with E-state index in [-0.39, 0.29) is 0 Å². The molecule has 0 aromatic rings. The van der Waals surface area contributed by atoms with Crippen LogP contribution in [0.4, 0.5) is 0 Å². The Balaban J connectivity index is 1.84. The van der Waals surface area contributed by atoms with E-state index in [1.165, 1.54) is 38.5 Å². The number of methoxy groups -OCH3 is 1. The largest absolute Gasteiger partial charge is 0.385 e. The van der Waals surface area contributed by atoms with Gasteiger partial charge in [-0.25, -0.2) is 0 Å². The number of hydrogen-bond acceptors (Lipinski definition) is 2. The Hall–Kier alpha value is -0.340. The van der Waals surface area contributed by atoms with E-state index in [9.17, 15) is 0 Å². The van der Waals surface area contributed by atoms with Gasteiger partial charge in [-0.05, 0) is 32.1 Å². The summed E-state index contributed by atoms with van der Waals surface area (Å²) in [7, 11) is 1.75. The summed E-state index contributed by atoms with van der Waals surface area (Å²) in [6.45, 7) is 1.67. The molecule has 2 heteroatoms. The maximum atomic E-state index is 6.09. The fraction of sp³-hybridized carbons (Fsp3) is 0.857. The molecule has 2 aliphatic carbocycles. The zero-order valence-electron chi connectivity index (χ0n) is 10.4. The first-order valence-corrected chi connectivity index (χ1v) is 6.66. The summed E-state index contributed by atoms with van der Waals surface area (Å²) in [5, 5.41) is 0. The Morgan fingerprint density at radius 3 is 2.81 bits per heavy atom. The van der Waals surface area contributed by atoms with Gasteiger partial charge in [0.05, 0.1) is 6.10 Å². The van der Waals surface area contributed by atoms with Gasteiger partial charge in [0.1, 0.15) is 0 Å². The second-order valence-electron chi connectivity index (χ2n) is 5.13. The van der Waals surface area contributed by atoms with Crippen molar-refractivity contribution in [2.24, 2.45) is 5.41 Å². The van der Waals surface area contributed by atoms with E-state index in [0.717, 1.165) is 19.6 Å². The highest BCUT2D eigenvalue weighted by molar-refractivity contribution is 5.10. The normalized spacial score (nSPS) is 27.7. The quantitative estimate of drug-likeness (QED) is 0.527. The van der Waals surface area contributed by atoms with Crippen LogP contribution in [0.5, 0.6) is 0 Å². The highest BCUT2D eigenvalue weighted by Crippen LogP contribution is 2.47. The Bertz CT molecular complexity index is 229. The molecule has 1 saturated carbocycles. The second-order valence-corrected chi connectivity index (χ2v) is 5.13. The lowest BCUT2D eigenvalue weighted by Crippen LogP contribution is -2.35. The molecule has 0 heterocycles. The number of allylic oxidation sites excluding steroid dienone is 1. The number of rotatable bonds is 5. The fourth-order valence-electron chi connectivity index (χ4n) is 3.16. The van der Waals surface area contributed by atoms with Crippen LogP contribution in [0.15, 0.2) is 12.2 Å². The van der Waals surface area contributed by atoms with Crippen molar-refractivity contribution in [2.45, 2.75) is 51.0 Å². The van der Waals surface area contributed by atoms with Gasteiger partial charge in [0, 0.05) is 25.7 Å². The Morgan fingerprint density at radius 1 is 1.25 bits per heavy atom. The van der Waals surface area contributed by atoms with E-state index in [0.29, 0.717) is 11.5 Å². The predicted molar refractivity (Wildman–Crippen MR) is 65.5 cm³/mol. The summed E-state index contributed by atoms with van der Waals surface area (Å²) in [4.78, 5) is 0. The molecule has 92 valence electrons. The lowest BCUT2D eigenvalue weighted by Gasteiger charge is -2.37. The minimum absolute atomic E-state index is 0.394. The average molecular weight is 224 g/mol. The summed E-state index contributed by atoms with van der Waals surface area (Å²) >= 11 is 0. The molecule has 16 heavy (non-hydrogen) atoms. The van der Waals surface area contributed by atoms with Gasteiger partial charge in [-0.3, -0.25) is 0 Å². The van der Waals surface area contributed by atoms with Gasteiger partial charge in [-0.1, -0.05) is 25.0 Å². The van der Waals surface area contributed by atoms with Crippen molar-refractivity contribution >= 4 is 0 Å². The molecule has 0 amide bonds. The lowest BCUT2D eigenvalue weighted by molar-refractivity contribution is -0.0319. The third-order valence-corrected chi connectivity index (χ3v) is 4.03.